The normalized spacial score (nSPS) is 12.2. The van der Waals surface area contributed by atoms with Crippen LogP contribution in [0.15, 0.2) is 24.3 Å². The van der Waals surface area contributed by atoms with Crippen LogP contribution in [0.1, 0.15) is 51.1 Å². The van der Waals surface area contributed by atoms with Crippen molar-refractivity contribution in [3.8, 4) is 0 Å². The third kappa shape index (κ3) is 4.78. The Labute approximate surface area is 108 Å². The fourth-order valence-electron chi connectivity index (χ4n) is 1.72. The summed E-state index contributed by atoms with van der Waals surface area (Å²) in [6.07, 6.45) is 3.49. The first-order chi connectivity index (χ1) is 8.17. The average molecular weight is 254 g/mol. The lowest BCUT2D eigenvalue weighted by atomic mass is 10.0. The fraction of sp³-hybridized carbons (Fsp3) is 0.500. The lowest BCUT2D eigenvalue weighted by Crippen LogP contribution is -2.27. The van der Waals surface area contributed by atoms with E-state index < -0.39 is 0 Å². The van der Waals surface area contributed by atoms with Crippen LogP contribution in [0.3, 0.4) is 0 Å². The third-order valence-corrected chi connectivity index (χ3v) is 3.03. The molecule has 94 valence electrons. The van der Waals surface area contributed by atoms with E-state index in [1.165, 1.54) is 0 Å². The first-order valence-electron chi connectivity index (χ1n) is 6.22. The first-order valence-corrected chi connectivity index (χ1v) is 6.60. The molecule has 0 aliphatic rings. The zero-order valence-electron chi connectivity index (χ0n) is 10.5. The Bertz CT molecular complexity index is 348. The molecule has 0 radical (unpaired) electrons. The molecule has 1 rings (SSSR count). The van der Waals surface area contributed by atoms with Gasteiger partial charge in [-0.1, -0.05) is 44.0 Å². The van der Waals surface area contributed by atoms with Gasteiger partial charge in [0.1, 0.15) is 0 Å². The Morgan fingerprint density at radius 2 is 1.94 bits per heavy atom. The topological polar surface area (TPSA) is 29.1 Å². The summed E-state index contributed by atoms with van der Waals surface area (Å²) < 4.78 is 0. The van der Waals surface area contributed by atoms with Crippen molar-refractivity contribution in [2.75, 3.05) is 0 Å². The van der Waals surface area contributed by atoms with E-state index >= 15 is 0 Å². The molecule has 0 heterocycles. The molecule has 17 heavy (non-hydrogen) atoms. The first kappa shape index (κ1) is 14.0. The van der Waals surface area contributed by atoms with Crippen molar-refractivity contribution in [3.05, 3.63) is 34.9 Å². The van der Waals surface area contributed by atoms with Gasteiger partial charge in [-0.05, 0) is 30.5 Å². The van der Waals surface area contributed by atoms with Crippen LogP contribution in [0, 0.1) is 0 Å². The summed E-state index contributed by atoms with van der Waals surface area (Å²) >= 11 is 5.85. The average Bonchev–Trinajstić information content (AvgIpc) is 2.34. The molecule has 1 aromatic rings. The van der Waals surface area contributed by atoms with Crippen molar-refractivity contribution in [2.24, 2.45) is 0 Å². The Morgan fingerprint density at radius 1 is 1.29 bits per heavy atom. The van der Waals surface area contributed by atoms with E-state index in [1.54, 1.807) is 0 Å². The van der Waals surface area contributed by atoms with Crippen LogP contribution in [-0.4, -0.2) is 5.91 Å². The van der Waals surface area contributed by atoms with Crippen LogP contribution in [0.25, 0.3) is 0 Å². The molecule has 0 aliphatic carbocycles. The second-order valence-electron chi connectivity index (χ2n) is 4.18. The van der Waals surface area contributed by atoms with E-state index in [0.29, 0.717) is 6.42 Å². The highest BCUT2D eigenvalue weighted by molar-refractivity contribution is 6.30. The number of carbonyl (C=O) groups is 1. The standard InChI is InChI=1S/C14H20ClNO/c1-3-5-6-14(17)16-13(4-2)11-7-9-12(15)10-8-11/h7-10,13H,3-6H2,1-2H3,(H,16,17). The summed E-state index contributed by atoms with van der Waals surface area (Å²) in [5.74, 6) is 0.133. The molecule has 0 aromatic heterocycles. The highest BCUT2D eigenvalue weighted by Gasteiger charge is 2.11. The van der Waals surface area contributed by atoms with Crippen LogP contribution >= 0.6 is 11.6 Å². The number of halogens is 1. The van der Waals surface area contributed by atoms with Gasteiger partial charge in [0.2, 0.25) is 5.91 Å². The molecule has 0 bridgehead atoms. The number of hydrogen-bond acceptors (Lipinski definition) is 1. The van der Waals surface area contributed by atoms with Gasteiger partial charge in [0.05, 0.1) is 6.04 Å². The molecule has 0 fully saturated rings. The Hall–Kier alpha value is -1.02. The minimum Gasteiger partial charge on any atom is -0.349 e. The highest BCUT2D eigenvalue weighted by atomic mass is 35.5. The molecular formula is C14H20ClNO. The highest BCUT2D eigenvalue weighted by Crippen LogP contribution is 2.19. The van der Waals surface area contributed by atoms with E-state index in [4.69, 9.17) is 11.6 Å². The SMILES string of the molecule is CCCCC(=O)NC(CC)c1ccc(Cl)cc1. The van der Waals surface area contributed by atoms with E-state index in [1.807, 2.05) is 24.3 Å². The summed E-state index contributed by atoms with van der Waals surface area (Å²) in [6, 6.07) is 7.75. The lowest BCUT2D eigenvalue weighted by molar-refractivity contribution is -0.122. The van der Waals surface area contributed by atoms with Gasteiger partial charge in [0.15, 0.2) is 0 Å². The summed E-state index contributed by atoms with van der Waals surface area (Å²) in [7, 11) is 0. The van der Waals surface area contributed by atoms with E-state index in [9.17, 15) is 4.79 Å². The van der Waals surface area contributed by atoms with Crippen LogP contribution < -0.4 is 5.32 Å². The van der Waals surface area contributed by atoms with E-state index in [0.717, 1.165) is 29.8 Å². The van der Waals surface area contributed by atoms with E-state index in [2.05, 4.69) is 19.2 Å². The summed E-state index contributed by atoms with van der Waals surface area (Å²) in [5.41, 5.74) is 1.11. The molecule has 1 aromatic carbocycles. The molecule has 0 aliphatic heterocycles. The van der Waals surface area contributed by atoms with Gasteiger partial charge in [-0.2, -0.15) is 0 Å². The summed E-state index contributed by atoms with van der Waals surface area (Å²) in [6.45, 7) is 4.16. The van der Waals surface area contributed by atoms with Crippen LogP contribution in [0.5, 0.6) is 0 Å². The monoisotopic (exact) mass is 253 g/mol. The van der Waals surface area contributed by atoms with Gasteiger partial charge in [-0.3, -0.25) is 4.79 Å². The maximum Gasteiger partial charge on any atom is 0.220 e. The van der Waals surface area contributed by atoms with Crippen LogP contribution in [-0.2, 0) is 4.79 Å². The number of benzene rings is 1. The van der Waals surface area contributed by atoms with Crippen LogP contribution in [0.4, 0.5) is 0 Å². The Kier molecular flexibility index (Phi) is 6.06. The maximum absolute atomic E-state index is 11.7. The van der Waals surface area contributed by atoms with Gasteiger partial charge in [-0.15, -0.1) is 0 Å². The Balaban J connectivity index is 2.59. The number of rotatable bonds is 6. The third-order valence-electron chi connectivity index (χ3n) is 2.77. The summed E-state index contributed by atoms with van der Waals surface area (Å²) in [5, 5.41) is 3.78. The zero-order valence-corrected chi connectivity index (χ0v) is 11.3. The maximum atomic E-state index is 11.7. The van der Waals surface area contributed by atoms with Gasteiger partial charge < -0.3 is 5.32 Å². The largest absolute Gasteiger partial charge is 0.349 e. The smallest absolute Gasteiger partial charge is 0.220 e. The lowest BCUT2D eigenvalue weighted by Gasteiger charge is -2.17. The summed E-state index contributed by atoms with van der Waals surface area (Å²) in [4.78, 5) is 11.7. The van der Waals surface area contributed by atoms with Crippen molar-refractivity contribution in [2.45, 2.75) is 45.6 Å². The molecule has 0 saturated carbocycles. The second kappa shape index (κ2) is 7.33. The van der Waals surface area contributed by atoms with Crippen molar-refractivity contribution in [1.29, 1.82) is 0 Å². The Morgan fingerprint density at radius 3 is 2.47 bits per heavy atom. The van der Waals surface area contributed by atoms with Gasteiger partial charge in [-0.25, -0.2) is 0 Å². The molecule has 1 N–H and O–H groups in total. The number of nitrogens with one attached hydrogen (secondary N) is 1. The molecule has 1 atom stereocenters. The second-order valence-corrected chi connectivity index (χ2v) is 4.62. The predicted octanol–water partition coefficient (Wildman–Crippen LogP) is 4.10. The quantitative estimate of drug-likeness (QED) is 0.813. The molecule has 0 saturated heterocycles. The zero-order chi connectivity index (χ0) is 12.7. The molecule has 3 heteroatoms. The van der Waals surface area contributed by atoms with E-state index in [-0.39, 0.29) is 11.9 Å². The molecule has 1 amide bonds. The van der Waals surface area contributed by atoms with Crippen LogP contribution in [0.2, 0.25) is 5.02 Å². The molecule has 2 nitrogen and oxygen atoms in total. The molecule has 1 unspecified atom stereocenters. The number of unbranched alkanes of at least 4 members (excludes halogenated alkanes) is 1. The molecule has 0 spiro atoms. The van der Waals surface area contributed by atoms with Gasteiger partial charge >= 0.3 is 0 Å². The fourth-order valence-corrected chi connectivity index (χ4v) is 1.85. The minimum atomic E-state index is 0.0941. The minimum absolute atomic E-state index is 0.0941. The van der Waals surface area contributed by atoms with Crippen molar-refractivity contribution >= 4 is 17.5 Å². The van der Waals surface area contributed by atoms with Crippen molar-refractivity contribution < 1.29 is 4.79 Å². The predicted molar refractivity (Wildman–Crippen MR) is 72.2 cm³/mol. The van der Waals surface area contributed by atoms with Crippen molar-refractivity contribution in [1.82, 2.24) is 5.32 Å². The van der Waals surface area contributed by atoms with Gasteiger partial charge in [0.25, 0.3) is 0 Å². The number of amides is 1. The van der Waals surface area contributed by atoms with Gasteiger partial charge in [0, 0.05) is 11.4 Å². The molecular weight excluding hydrogens is 234 g/mol. The number of hydrogen-bond donors (Lipinski definition) is 1. The van der Waals surface area contributed by atoms with Crippen molar-refractivity contribution in [3.63, 3.8) is 0 Å². The number of carbonyl (C=O) groups excluding carboxylic acids is 1.